The zero-order chi connectivity index (χ0) is 25.5. The number of anilines is 2. The third-order valence-corrected chi connectivity index (χ3v) is 7.71. The number of hydrogen-bond donors (Lipinski definition) is 2. The van der Waals surface area contributed by atoms with E-state index in [4.69, 9.17) is 0 Å². The summed E-state index contributed by atoms with van der Waals surface area (Å²) in [7, 11) is 0. The first kappa shape index (κ1) is 21.9. The van der Waals surface area contributed by atoms with Crippen LogP contribution in [0.1, 0.15) is 20.7 Å². The van der Waals surface area contributed by atoms with Gasteiger partial charge in [0.1, 0.15) is 0 Å². The lowest BCUT2D eigenvalue weighted by Gasteiger charge is -2.44. The van der Waals surface area contributed by atoms with Crippen molar-refractivity contribution in [1.29, 1.82) is 0 Å². The van der Waals surface area contributed by atoms with Crippen molar-refractivity contribution < 1.29 is 39.0 Å². The van der Waals surface area contributed by atoms with Gasteiger partial charge in [-0.25, -0.2) is 19.4 Å². The molecular formula is C26H18N2O8. The normalized spacial score (nSPS) is 30.1. The Hall–Kier alpha value is -4.60. The van der Waals surface area contributed by atoms with Gasteiger partial charge >= 0.3 is 11.9 Å². The number of nitrogens with zero attached hydrogens (tertiary/aromatic N) is 2. The number of carboxylic acids is 2. The fraction of sp³-hybridized carbons (Fsp3) is 0.231. The zero-order valence-electron chi connectivity index (χ0n) is 18.5. The number of allylic oxidation sites excluding steroid dienone is 2. The Kier molecular flexibility index (Phi) is 4.53. The van der Waals surface area contributed by atoms with Gasteiger partial charge in [0.15, 0.2) is 0 Å². The Balaban J connectivity index is 1.38. The average molecular weight is 486 g/mol. The summed E-state index contributed by atoms with van der Waals surface area (Å²) >= 11 is 0. The number of carboxylic acid groups (broad SMARTS) is 2. The van der Waals surface area contributed by atoms with E-state index in [2.05, 4.69) is 0 Å². The van der Waals surface area contributed by atoms with Gasteiger partial charge in [-0.15, -0.1) is 0 Å². The third kappa shape index (κ3) is 2.78. The Bertz CT molecular complexity index is 1290. The maximum absolute atomic E-state index is 13.5. The lowest BCUT2D eigenvalue weighted by molar-refractivity contribution is -0.137. The molecule has 3 fully saturated rings. The van der Waals surface area contributed by atoms with Crippen molar-refractivity contribution in [2.45, 2.75) is 0 Å². The SMILES string of the molecule is O=C(O)c1cccc(N2C(=O)[C@@H]3C4C=CC([C@H]3C2=O)[C@H]2C(=O)N(c3cccc(C(=O)O)c3)C(=O)[C@H]42)c1. The quantitative estimate of drug-likeness (QED) is 0.491. The monoisotopic (exact) mass is 486 g/mol. The van der Waals surface area contributed by atoms with E-state index in [1.807, 2.05) is 0 Å². The van der Waals surface area contributed by atoms with Crippen LogP contribution in [-0.2, 0) is 19.2 Å². The van der Waals surface area contributed by atoms with Crippen molar-refractivity contribution in [2.24, 2.45) is 35.5 Å². The second-order valence-corrected chi connectivity index (χ2v) is 9.38. The Morgan fingerprint density at radius 2 is 0.917 bits per heavy atom. The van der Waals surface area contributed by atoms with Crippen LogP contribution >= 0.6 is 0 Å². The van der Waals surface area contributed by atoms with Crippen molar-refractivity contribution in [1.82, 2.24) is 0 Å². The van der Waals surface area contributed by atoms with E-state index < -0.39 is 71.1 Å². The van der Waals surface area contributed by atoms with Gasteiger partial charge in [0.25, 0.3) is 0 Å². The van der Waals surface area contributed by atoms with Crippen LogP contribution in [0.15, 0.2) is 60.7 Å². The fourth-order valence-corrected chi connectivity index (χ4v) is 6.29. The average Bonchev–Trinajstić information content (AvgIpc) is 3.31. The van der Waals surface area contributed by atoms with Crippen molar-refractivity contribution in [2.75, 3.05) is 9.80 Å². The van der Waals surface area contributed by atoms with Crippen LogP contribution in [0.4, 0.5) is 11.4 Å². The summed E-state index contributed by atoms with van der Waals surface area (Å²) in [5.74, 6) is -9.35. The number of imide groups is 2. The number of aromatic carboxylic acids is 2. The summed E-state index contributed by atoms with van der Waals surface area (Å²) in [4.78, 5) is 78.8. The number of rotatable bonds is 4. The van der Waals surface area contributed by atoms with E-state index in [1.165, 1.54) is 48.5 Å². The van der Waals surface area contributed by atoms with Crippen molar-refractivity contribution in [3.8, 4) is 0 Å². The first-order chi connectivity index (χ1) is 17.2. The summed E-state index contributed by atoms with van der Waals surface area (Å²) in [6.07, 6.45) is 3.44. The number of carbonyl (C=O) groups is 6. The molecule has 2 heterocycles. The summed E-state index contributed by atoms with van der Waals surface area (Å²) < 4.78 is 0. The van der Waals surface area contributed by atoms with Gasteiger partial charge in [0.2, 0.25) is 23.6 Å². The molecule has 2 aromatic carbocycles. The molecule has 0 spiro atoms. The molecule has 0 radical (unpaired) electrons. The van der Waals surface area contributed by atoms with Gasteiger partial charge in [0, 0.05) is 11.8 Å². The number of carbonyl (C=O) groups excluding carboxylic acids is 4. The molecule has 2 N–H and O–H groups in total. The van der Waals surface area contributed by atoms with Crippen molar-refractivity contribution in [3.05, 3.63) is 71.8 Å². The number of benzene rings is 2. The molecule has 5 aliphatic rings. The molecule has 180 valence electrons. The summed E-state index contributed by atoms with van der Waals surface area (Å²) in [5, 5.41) is 18.6. The van der Waals surface area contributed by atoms with Gasteiger partial charge in [-0.2, -0.15) is 0 Å². The molecule has 36 heavy (non-hydrogen) atoms. The lowest BCUT2D eigenvalue weighted by atomic mass is 9.54. The maximum atomic E-state index is 13.5. The molecule has 7 rings (SSSR count). The summed E-state index contributed by atoms with van der Waals surface area (Å²) in [5.41, 5.74) is 0.110. The van der Waals surface area contributed by atoms with E-state index in [1.54, 1.807) is 12.2 Å². The minimum absolute atomic E-state index is 0.0782. The molecule has 0 unspecified atom stereocenters. The van der Waals surface area contributed by atoms with Gasteiger partial charge in [-0.3, -0.25) is 19.2 Å². The summed E-state index contributed by atoms with van der Waals surface area (Å²) in [6.45, 7) is 0. The van der Waals surface area contributed by atoms with Crippen LogP contribution in [0.25, 0.3) is 0 Å². The highest BCUT2D eigenvalue weighted by Gasteiger charge is 2.68. The predicted molar refractivity (Wildman–Crippen MR) is 122 cm³/mol. The molecule has 4 amide bonds. The standard InChI is InChI=1S/C26H18N2O8/c29-21-17-15-7-8-16(18(17)22(30)27(21)13-5-1-3-11(9-13)25(33)34)20-19(15)23(31)28(24(20)32)14-6-2-4-12(10-14)26(35)36/h1-10,15-20H,(H,33,34)(H,35,36)/t15?,16?,17-,18-,19-,20-/m1/s1. The maximum Gasteiger partial charge on any atom is 0.335 e. The van der Waals surface area contributed by atoms with E-state index in [0.717, 1.165) is 9.80 Å². The van der Waals surface area contributed by atoms with Crippen LogP contribution in [0.3, 0.4) is 0 Å². The van der Waals surface area contributed by atoms with Gasteiger partial charge in [-0.1, -0.05) is 24.3 Å². The van der Waals surface area contributed by atoms with Gasteiger partial charge in [-0.05, 0) is 36.4 Å². The first-order valence-electron chi connectivity index (χ1n) is 11.3. The molecule has 2 bridgehead atoms. The predicted octanol–water partition coefficient (Wildman–Crippen LogP) is 1.81. The van der Waals surface area contributed by atoms with Crippen LogP contribution in [0, 0.1) is 35.5 Å². The second kappa shape index (κ2) is 7.45. The van der Waals surface area contributed by atoms with Crippen molar-refractivity contribution in [3.63, 3.8) is 0 Å². The Morgan fingerprint density at radius 3 is 1.22 bits per heavy atom. The van der Waals surface area contributed by atoms with E-state index >= 15 is 0 Å². The topological polar surface area (TPSA) is 149 Å². The van der Waals surface area contributed by atoms with Gasteiger partial charge in [0.05, 0.1) is 46.2 Å². The lowest BCUT2D eigenvalue weighted by Crippen LogP contribution is -2.50. The number of amides is 4. The molecule has 1 saturated carbocycles. The van der Waals surface area contributed by atoms with E-state index in [-0.39, 0.29) is 22.5 Å². The van der Waals surface area contributed by atoms with E-state index in [9.17, 15) is 39.0 Å². The fourth-order valence-electron chi connectivity index (χ4n) is 6.29. The molecule has 10 nitrogen and oxygen atoms in total. The molecule has 0 aromatic heterocycles. The highest BCUT2D eigenvalue weighted by molar-refractivity contribution is 6.26. The first-order valence-corrected chi connectivity index (χ1v) is 11.3. The van der Waals surface area contributed by atoms with Crippen LogP contribution in [-0.4, -0.2) is 45.8 Å². The minimum Gasteiger partial charge on any atom is -0.478 e. The highest BCUT2D eigenvalue weighted by atomic mass is 16.4. The molecule has 2 saturated heterocycles. The van der Waals surface area contributed by atoms with Crippen LogP contribution in [0.5, 0.6) is 0 Å². The zero-order valence-corrected chi connectivity index (χ0v) is 18.5. The molecule has 10 heteroatoms. The largest absolute Gasteiger partial charge is 0.478 e. The smallest absolute Gasteiger partial charge is 0.335 e. The second-order valence-electron chi connectivity index (χ2n) is 9.38. The van der Waals surface area contributed by atoms with Crippen molar-refractivity contribution >= 4 is 46.9 Å². The van der Waals surface area contributed by atoms with Crippen LogP contribution in [0.2, 0.25) is 0 Å². The number of hydrogen-bond acceptors (Lipinski definition) is 6. The summed E-state index contributed by atoms with van der Waals surface area (Å²) in [6, 6.07) is 11.0. The minimum atomic E-state index is -1.20. The molecule has 3 aliphatic carbocycles. The Labute approximate surface area is 203 Å². The Morgan fingerprint density at radius 1 is 0.583 bits per heavy atom. The third-order valence-electron chi connectivity index (χ3n) is 7.71. The molecule has 2 aliphatic heterocycles. The molecule has 2 aromatic rings. The van der Waals surface area contributed by atoms with Crippen LogP contribution < -0.4 is 9.80 Å². The molecule has 4 atom stereocenters. The van der Waals surface area contributed by atoms with E-state index in [0.29, 0.717) is 0 Å². The van der Waals surface area contributed by atoms with Gasteiger partial charge < -0.3 is 10.2 Å². The highest BCUT2D eigenvalue weighted by Crippen LogP contribution is 2.58. The molecular weight excluding hydrogens is 468 g/mol.